The second-order valence-corrected chi connectivity index (χ2v) is 6.08. The summed E-state index contributed by atoms with van der Waals surface area (Å²) >= 11 is 11.9. The quantitative estimate of drug-likeness (QED) is 0.816. The first-order chi connectivity index (χ1) is 8.69. The fourth-order valence-electron chi connectivity index (χ4n) is 2.76. The molecule has 0 heterocycles. The fourth-order valence-corrected chi connectivity index (χ4v) is 3.08. The van der Waals surface area contributed by atoms with Crippen LogP contribution in [-0.4, -0.2) is 6.04 Å². The Balaban J connectivity index is 1.85. The van der Waals surface area contributed by atoms with Crippen LogP contribution < -0.4 is 5.32 Å². The Kier molecular flexibility index (Phi) is 5.35. The van der Waals surface area contributed by atoms with E-state index in [2.05, 4.69) is 12.2 Å². The summed E-state index contributed by atoms with van der Waals surface area (Å²) in [4.78, 5) is 0. The van der Waals surface area contributed by atoms with Gasteiger partial charge in [0.15, 0.2) is 0 Å². The van der Waals surface area contributed by atoms with Crippen molar-refractivity contribution in [1.29, 1.82) is 0 Å². The van der Waals surface area contributed by atoms with E-state index in [-0.39, 0.29) is 0 Å². The molecular weight excluding hydrogens is 265 g/mol. The van der Waals surface area contributed by atoms with Gasteiger partial charge in [-0.25, -0.2) is 0 Å². The van der Waals surface area contributed by atoms with Crippen molar-refractivity contribution in [2.75, 3.05) is 0 Å². The highest BCUT2D eigenvalue weighted by Gasteiger charge is 2.19. The van der Waals surface area contributed by atoms with Crippen LogP contribution >= 0.6 is 23.2 Å². The first-order valence-electron chi connectivity index (χ1n) is 6.86. The third-order valence-corrected chi connectivity index (χ3v) is 4.68. The van der Waals surface area contributed by atoms with Crippen molar-refractivity contribution in [3.63, 3.8) is 0 Å². The number of nitrogens with one attached hydrogen (secondary N) is 1. The Bertz CT molecular complexity index is 392. The standard InChI is InChI=1S/C15H21Cl2N/c1-2-11-4-3-5-13(8-11)18-10-12-6-7-14(16)15(17)9-12/h6-7,9,11,13,18H,2-5,8,10H2,1H3. The molecule has 0 spiro atoms. The van der Waals surface area contributed by atoms with Crippen molar-refractivity contribution in [2.45, 2.75) is 51.6 Å². The van der Waals surface area contributed by atoms with E-state index in [4.69, 9.17) is 23.2 Å². The molecule has 0 amide bonds. The van der Waals surface area contributed by atoms with E-state index >= 15 is 0 Å². The molecule has 0 aromatic heterocycles. The van der Waals surface area contributed by atoms with Crippen LogP contribution in [0.5, 0.6) is 0 Å². The highest BCUT2D eigenvalue weighted by molar-refractivity contribution is 6.42. The van der Waals surface area contributed by atoms with Crippen LogP contribution in [-0.2, 0) is 6.54 Å². The van der Waals surface area contributed by atoms with Crippen LogP contribution in [0.4, 0.5) is 0 Å². The molecule has 2 unspecified atom stereocenters. The zero-order valence-electron chi connectivity index (χ0n) is 10.9. The molecule has 1 fully saturated rings. The summed E-state index contributed by atoms with van der Waals surface area (Å²) in [6, 6.07) is 6.53. The molecule has 1 nitrogen and oxygen atoms in total. The minimum atomic E-state index is 0.629. The van der Waals surface area contributed by atoms with Gasteiger partial charge in [0.2, 0.25) is 0 Å². The summed E-state index contributed by atoms with van der Waals surface area (Å²) < 4.78 is 0. The molecule has 1 aliphatic rings. The second kappa shape index (κ2) is 6.79. The number of hydrogen-bond donors (Lipinski definition) is 1. The lowest BCUT2D eigenvalue weighted by molar-refractivity contribution is 0.278. The molecule has 2 rings (SSSR count). The van der Waals surface area contributed by atoms with Gasteiger partial charge in [-0.05, 0) is 36.5 Å². The van der Waals surface area contributed by atoms with E-state index in [9.17, 15) is 0 Å². The molecule has 2 atom stereocenters. The summed E-state index contributed by atoms with van der Waals surface area (Å²) in [5.74, 6) is 0.907. The van der Waals surface area contributed by atoms with Crippen LogP contribution in [0.1, 0.15) is 44.6 Å². The minimum Gasteiger partial charge on any atom is -0.310 e. The minimum absolute atomic E-state index is 0.629. The van der Waals surface area contributed by atoms with Crippen LogP contribution in [0.25, 0.3) is 0 Å². The second-order valence-electron chi connectivity index (χ2n) is 5.27. The molecule has 18 heavy (non-hydrogen) atoms. The number of halogens is 2. The zero-order valence-corrected chi connectivity index (χ0v) is 12.4. The third-order valence-electron chi connectivity index (χ3n) is 3.94. The Morgan fingerprint density at radius 1 is 1.22 bits per heavy atom. The van der Waals surface area contributed by atoms with E-state index in [0.29, 0.717) is 16.1 Å². The van der Waals surface area contributed by atoms with Gasteiger partial charge in [0.05, 0.1) is 10.0 Å². The zero-order chi connectivity index (χ0) is 13.0. The summed E-state index contributed by atoms with van der Waals surface area (Å²) in [5.41, 5.74) is 1.21. The molecule has 0 bridgehead atoms. The van der Waals surface area contributed by atoms with Gasteiger partial charge in [-0.2, -0.15) is 0 Å². The van der Waals surface area contributed by atoms with E-state index in [0.717, 1.165) is 12.5 Å². The molecule has 1 N–H and O–H groups in total. The number of benzene rings is 1. The maximum Gasteiger partial charge on any atom is 0.0595 e. The highest BCUT2D eigenvalue weighted by atomic mass is 35.5. The van der Waals surface area contributed by atoms with Gasteiger partial charge in [0.25, 0.3) is 0 Å². The average Bonchev–Trinajstić information content (AvgIpc) is 2.40. The van der Waals surface area contributed by atoms with Gasteiger partial charge in [0, 0.05) is 12.6 Å². The Morgan fingerprint density at radius 3 is 2.78 bits per heavy atom. The van der Waals surface area contributed by atoms with Gasteiger partial charge in [-0.15, -0.1) is 0 Å². The van der Waals surface area contributed by atoms with E-state index in [1.54, 1.807) is 0 Å². The Hall–Kier alpha value is -0.240. The molecule has 1 aromatic rings. The molecule has 1 aromatic carbocycles. The van der Waals surface area contributed by atoms with E-state index in [1.807, 2.05) is 18.2 Å². The van der Waals surface area contributed by atoms with Crippen molar-refractivity contribution >= 4 is 23.2 Å². The van der Waals surface area contributed by atoms with Crippen LogP contribution in [0.15, 0.2) is 18.2 Å². The van der Waals surface area contributed by atoms with Crippen molar-refractivity contribution in [3.8, 4) is 0 Å². The predicted molar refractivity (Wildman–Crippen MR) is 79.3 cm³/mol. The van der Waals surface area contributed by atoms with Crippen molar-refractivity contribution in [3.05, 3.63) is 33.8 Å². The predicted octanol–water partition coefficient (Wildman–Crippen LogP) is 5.05. The smallest absolute Gasteiger partial charge is 0.0595 e. The largest absolute Gasteiger partial charge is 0.310 e. The molecule has 1 aliphatic carbocycles. The molecule has 0 radical (unpaired) electrons. The number of hydrogen-bond acceptors (Lipinski definition) is 1. The number of rotatable bonds is 4. The van der Waals surface area contributed by atoms with Gasteiger partial charge in [-0.3, -0.25) is 0 Å². The van der Waals surface area contributed by atoms with Crippen molar-refractivity contribution in [1.82, 2.24) is 5.32 Å². The Morgan fingerprint density at radius 2 is 2.06 bits per heavy atom. The van der Waals surface area contributed by atoms with Crippen LogP contribution in [0.2, 0.25) is 10.0 Å². The van der Waals surface area contributed by atoms with Gasteiger partial charge >= 0.3 is 0 Å². The normalized spacial score (nSPS) is 24.2. The van der Waals surface area contributed by atoms with Crippen LogP contribution in [0.3, 0.4) is 0 Å². The molecule has 0 saturated heterocycles. The first-order valence-corrected chi connectivity index (χ1v) is 7.62. The summed E-state index contributed by atoms with van der Waals surface area (Å²) in [5, 5.41) is 4.92. The molecule has 0 aliphatic heterocycles. The van der Waals surface area contributed by atoms with Crippen LogP contribution in [0, 0.1) is 5.92 Å². The lowest BCUT2D eigenvalue weighted by atomic mass is 9.84. The van der Waals surface area contributed by atoms with Crippen molar-refractivity contribution in [2.24, 2.45) is 5.92 Å². The van der Waals surface area contributed by atoms with Gasteiger partial charge in [0.1, 0.15) is 0 Å². The lowest BCUT2D eigenvalue weighted by Gasteiger charge is -2.29. The molecule has 3 heteroatoms. The molecule has 1 saturated carbocycles. The lowest BCUT2D eigenvalue weighted by Crippen LogP contribution is -2.33. The fraction of sp³-hybridized carbons (Fsp3) is 0.600. The summed E-state index contributed by atoms with van der Waals surface area (Å²) in [7, 11) is 0. The van der Waals surface area contributed by atoms with E-state index in [1.165, 1.54) is 37.7 Å². The van der Waals surface area contributed by atoms with Crippen molar-refractivity contribution < 1.29 is 0 Å². The topological polar surface area (TPSA) is 12.0 Å². The van der Waals surface area contributed by atoms with Gasteiger partial charge in [-0.1, -0.05) is 55.5 Å². The maximum absolute atomic E-state index is 6.02. The summed E-state index contributed by atoms with van der Waals surface area (Å²) in [6.45, 7) is 3.18. The maximum atomic E-state index is 6.02. The Labute approximate surface area is 120 Å². The highest BCUT2D eigenvalue weighted by Crippen LogP contribution is 2.27. The summed E-state index contributed by atoms with van der Waals surface area (Å²) in [6.07, 6.45) is 6.69. The SMILES string of the molecule is CCC1CCCC(NCc2ccc(Cl)c(Cl)c2)C1. The monoisotopic (exact) mass is 285 g/mol. The van der Waals surface area contributed by atoms with E-state index < -0.39 is 0 Å². The molecular formula is C15H21Cl2N. The van der Waals surface area contributed by atoms with Gasteiger partial charge < -0.3 is 5.32 Å². The third kappa shape index (κ3) is 3.88. The first kappa shape index (κ1) is 14.2. The molecule has 100 valence electrons. The average molecular weight is 286 g/mol.